The predicted octanol–water partition coefficient (Wildman–Crippen LogP) is 3.52. The van der Waals surface area contributed by atoms with Crippen LogP contribution in [0.4, 0.5) is 0 Å². The minimum atomic E-state index is -3.67. The van der Waals surface area contributed by atoms with Gasteiger partial charge in [-0.25, -0.2) is 8.42 Å². The molecule has 2 aliphatic heterocycles. The number of halogens is 2. The van der Waals surface area contributed by atoms with Crippen LogP contribution in [-0.2, 0) is 21.2 Å². The smallest absolute Gasteiger partial charge is 0.243 e. The molecule has 32 heavy (non-hydrogen) atoms. The lowest BCUT2D eigenvalue weighted by Crippen LogP contribution is -2.43. The Morgan fingerprint density at radius 3 is 2.47 bits per heavy atom. The molecule has 0 saturated carbocycles. The van der Waals surface area contributed by atoms with Crippen molar-refractivity contribution in [3.05, 3.63) is 52.0 Å². The first-order valence-corrected chi connectivity index (χ1v) is 12.7. The average Bonchev–Trinajstić information content (AvgIpc) is 2.80. The Labute approximate surface area is 197 Å². The fourth-order valence-corrected chi connectivity index (χ4v) is 5.87. The summed E-state index contributed by atoms with van der Waals surface area (Å²) in [6, 6.07) is 9.95. The highest BCUT2D eigenvalue weighted by molar-refractivity contribution is 7.89. The number of hydrogen-bond acceptors (Lipinski definition) is 5. The second-order valence-corrected chi connectivity index (χ2v) is 10.5. The van der Waals surface area contributed by atoms with Crippen LogP contribution in [0.1, 0.15) is 18.4 Å². The molecule has 2 aromatic carbocycles. The fourth-order valence-electron chi connectivity index (χ4n) is 3.88. The molecule has 1 fully saturated rings. The number of amides is 1. The van der Waals surface area contributed by atoms with Gasteiger partial charge in [0.1, 0.15) is 13.2 Å². The van der Waals surface area contributed by atoms with Crippen molar-refractivity contribution in [2.45, 2.75) is 24.2 Å². The predicted molar refractivity (Wildman–Crippen MR) is 122 cm³/mol. The Hall–Kier alpha value is -2.00. The topological polar surface area (TPSA) is 84.9 Å². The van der Waals surface area contributed by atoms with E-state index in [9.17, 15) is 13.2 Å². The molecule has 0 aromatic heterocycles. The van der Waals surface area contributed by atoms with Gasteiger partial charge in [0, 0.05) is 41.7 Å². The van der Waals surface area contributed by atoms with Crippen LogP contribution in [0.3, 0.4) is 0 Å². The highest BCUT2D eigenvalue weighted by Crippen LogP contribution is 2.34. The first-order valence-electron chi connectivity index (χ1n) is 10.5. The average molecular weight is 499 g/mol. The van der Waals surface area contributed by atoms with Gasteiger partial charge in [0.2, 0.25) is 15.9 Å². The van der Waals surface area contributed by atoms with E-state index in [-0.39, 0.29) is 29.8 Å². The molecular weight excluding hydrogens is 475 g/mol. The van der Waals surface area contributed by atoms with Crippen molar-refractivity contribution < 1.29 is 22.7 Å². The molecule has 1 saturated heterocycles. The lowest BCUT2D eigenvalue weighted by molar-refractivity contribution is -0.126. The zero-order valence-corrected chi connectivity index (χ0v) is 19.7. The maximum absolute atomic E-state index is 13.0. The molecule has 2 aromatic rings. The quantitative estimate of drug-likeness (QED) is 0.658. The van der Waals surface area contributed by atoms with Crippen molar-refractivity contribution in [1.82, 2.24) is 9.62 Å². The largest absolute Gasteiger partial charge is 0.486 e. The van der Waals surface area contributed by atoms with E-state index in [1.165, 1.54) is 16.4 Å². The number of nitrogens with zero attached hydrogens (tertiary/aromatic N) is 1. The van der Waals surface area contributed by atoms with Crippen molar-refractivity contribution >= 4 is 39.1 Å². The third-order valence-corrected chi connectivity index (χ3v) is 8.17. The van der Waals surface area contributed by atoms with Gasteiger partial charge in [-0.15, -0.1) is 0 Å². The van der Waals surface area contributed by atoms with Crippen LogP contribution in [-0.4, -0.2) is 51.5 Å². The second-order valence-electron chi connectivity index (χ2n) is 7.76. The number of ether oxygens (including phenoxy) is 2. The van der Waals surface area contributed by atoms with Crippen molar-refractivity contribution in [2.75, 3.05) is 32.8 Å². The van der Waals surface area contributed by atoms with Crippen molar-refractivity contribution in [1.29, 1.82) is 0 Å². The van der Waals surface area contributed by atoms with Crippen molar-refractivity contribution in [3.8, 4) is 11.5 Å². The molecule has 0 atom stereocenters. The molecule has 172 valence electrons. The van der Waals surface area contributed by atoms with Gasteiger partial charge >= 0.3 is 0 Å². The summed E-state index contributed by atoms with van der Waals surface area (Å²) in [5.74, 6) is 0.701. The Kier molecular flexibility index (Phi) is 7.14. The lowest BCUT2D eigenvalue weighted by Gasteiger charge is -2.31. The van der Waals surface area contributed by atoms with Crippen LogP contribution in [0.5, 0.6) is 11.5 Å². The summed E-state index contributed by atoms with van der Waals surface area (Å²) in [6.45, 7) is 1.87. The molecular formula is C22H24Cl2N2O5S. The van der Waals surface area contributed by atoms with Crippen LogP contribution < -0.4 is 14.8 Å². The van der Waals surface area contributed by atoms with Gasteiger partial charge in [-0.3, -0.25) is 4.79 Å². The molecule has 2 heterocycles. The molecule has 7 nitrogen and oxygen atoms in total. The zero-order valence-electron chi connectivity index (χ0n) is 17.4. The summed E-state index contributed by atoms with van der Waals surface area (Å²) in [5.41, 5.74) is 0.914. The highest BCUT2D eigenvalue weighted by atomic mass is 35.5. The van der Waals surface area contributed by atoms with E-state index in [0.29, 0.717) is 60.6 Å². The molecule has 1 amide bonds. The molecule has 4 rings (SSSR count). The Morgan fingerprint density at radius 1 is 1.03 bits per heavy atom. The molecule has 0 aliphatic carbocycles. The van der Waals surface area contributed by atoms with E-state index in [2.05, 4.69) is 5.32 Å². The van der Waals surface area contributed by atoms with Gasteiger partial charge < -0.3 is 14.8 Å². The zero-order chi connectivity index (χ0) is 22.7. The maximum atomic E-state index is 13.0. The standard InChI is InChI=1S/C22H24Cl2N2O5S/c23-17-2-1-15(19(24)13-17)5-8-25-22(27)16-6-9-26(10-7-16)32(28,29)18-3-4-20-21(14-18)31-12-11-30-20/h1-4,13-14,16H,5-12H2,(H,25,27). The Morgan fingerprint density at radius 2 is 1.75 bits per heavy atom. The van der Waals surface area contributed by atoms with Crippen LogP contribution in [0.15, 0.2) is 41.3 Å². The second kappa shape index (κ2) is 9.87. The first-order chi connectivity index (χ1) is 15.3. The van der Waals surface area contributed by atoms with Crippen LogP contribution in [0.2, 0.25) is 10.0 Å². The normalized spacial score (nSPS) is 17.2. The number of piperidine rings is 1. The molecule has 0 spiro atoms. The number of nitrogens with one attached hydrogen (secondary N) is 1. The van der Waals surface area contributed by atoms with Crippen LogP contribution >= 0.6 is 23.2 Å². The number of sulfonamides is 1. The summed E-state index contributed by atoms with van der Waals surface area (Å²) in [7, 11) is -3.67. The maximum Gasteiger partial charge on any atom is 0.243 e. The van der Waals surface area contributed by atoms with E-state index in [4.69, 9.17) is 32.7 Å². The molecule has 1 N–H and O–H groups in total. The van der Waals surface area contributed by atoms with Crippen LogP contribution in [0, 0.1) is 5.92 Å². The highest BCUT2D eigenvalue weighted by Gasteiger charge is 2.32. The van der Waals surface area contributed by atoms with Gasteiger partial charge in [0.25, 0.3) is 0 Å². The van der Waals surface area contributed by atoms with Crippen LogP contribution in [0.25, 0.3) is 0 Å². The molecule has 0 bridgehead atoms. The summed E-state index contributed by atoms with van der Waals surface area (Å²) in [6.07, 6.45) is 1.54. The molecule has 2 aliphatic rings. The van der Waals surface area contributed by atoms with Gasteiger partial charge in [0.15, 0.2) is 11.5 Å². The minimum Gasteiger partial charge on any atom is -0.486 e. The van der Waals surface area contributed by atoms with E-state index >= 15 is 0 Å². The molecule has 10 heteroatoms. The number of hydrogen-bond donors (Lipinski definition) is 1. The first kappa shape index (κ1) is 23.2. The molecule has 0 radical (unpaired) electrons. The minimum absolute atomic E-state index is 0.0635. The SMILES string of the molecule is O=C(NCCc1ccc(Cl)cc1Cl)C1CCN(S(=O)(=O)c2ccc3c(c2)OCCO3)CC1. The Balaban J connectivity index is 1.30. The van der Waals surface area contributed by atoms with Gasteiger partial charge in [0.05, 0.1) is 4.90 Å². The van der Waals surface area contributed by atoms with E-state index < -0.39 is 10.0 Å². The van der Waals surface area contributed by atoms with Gasteiger partial charge in [-0.2, -0.15) is 4.31 Å². The van der Waals surface area contributed by atoms with Crippen molar-refractivity contribution in [2.24, 2.45) is 5.92 Å². The van der Waals surface area contributed by atoms with Gasteiger partial charge in [-0.1, -0.05) is 29.3 Å². The monoisotopic (exact) mass is 498 g/mol. The number of rotatable bonds is 6. The summed E-state index contributed by atoms with van der Waals surface area (Å²) < 4.78 is 38.5. The fraction of sp³-hybridized carbons (Fsp3) is 0.409. The van der Waals surface area contributed by atoms with Crippen molar-refractivity contribution in [3.63, 3.8) is 0 Å². The lowest BCUT2D eigenvalue weighted by atomic mass is 9.97. The number of carbonyl (C=O) groups is 1. The number of fused-ring (bicyclic) bond motifs is 1. The summed E-state index contributed by atoms with van der Waals surface area (Å²) in [4.78, 5) is 12.7. The molecule has 0 unspecified atom stereocenters. The van der Waals surface area contributed by atoms with E-state index in [1.54, 1.807) is 18.2 Å². The summed E-state index contributed by atoms with van der Waals surface area (Å²) >= 11 is 12.1. The number of carbonyl (C=O) groups excluding carboxylic acids is 1. The Bertz CT molecular complexity index is 1100. The van der Waals surface area contributed by atoms with E-state index in [0.717, 1.165) is 5.56 Å². The summed E-state index contributed by atoms with van der Waals surface area (Å²) in [5, 5.41) is 4.08. The van der Waals surface area contributed by atoms with Gasteiger partial charge in [-0.05, 0) is 49.1 Å². The number of benzene rings is 2. The third-order valence-electron chi connectivity index (χ3n) is 5.68. The third kappa shape index (κ3) is 5.14. The van der Waals surface area contributed by atoms with E-state index in [1.807, 2.05) is 6.07 Å².